The molecule has 1 aliphatic rings. The number of carbonyl (C=O) groups is 1. The number of rotatable bonds is 2. The minimum atomic E-state index is -0.0568. The number of hydrogen-bond donors (Lipinski definition) is 1. The molecule has 0 fully saturated rings. The average Bonchev–Trinajstić information content (AvgIpc) is 3.25. The summed E-state index contributed by atoms with van der Waals surface area (Å²) in [7, 11) is 0. The maximum atomic E-state index is 12.4. The number of aromatic nitrogens is 6. The monoisotopic (exact) mass is 423 g/mol. The summed E-state index contributed by atoms with van der Waals surface area (Å²) >= 11 is 3.52. The first-order chi connectivity index (χ1) is 13.1. The predicted octanol–water partition coefficient (Wildman–Crippen LogP) is 2.86. The molecule has 1 N–H and O–H groups in total. The van der Waals surface area contributed by atoms with E-state index >= 15 is 0 Å². The number of benzene rings is 1. The van der Waals surface area contributed by atoms with Gasteiger partial charge in [0, 0.05) is 22.4 Å². The SMILES string of the molecule is Cc1nn(-c2ccc3nncn3n2)c2c1[C@@H](c1cccc(Br)c1)CC(=O)N2. The van der Waals surface area contributed by atoms with Gasteiger partial charge in [0.2, 0.25) is 5.91 Å². The molecule has 0 aliphatic carbocycles. The smallest absolute Gasteiger partial charge is 0.226 e. The molecule has 0 saturated heterocycles. The second kappa shape index (κ2) is 5.98. The predicted molar refractivity (Wildman–Crippen MR) is 102 cm³/mol. The standard InChI is InChI=1S/C18H14BrN7O/c1-10-17-13(11-3-2-4-12(19)7-11)8-16(27)21-18(17)26(23-10)15-6-5-14-22-20-9-25(14)24-15/h2-7,9,13H,8H2,1H3,(H,21,27)/t13-/m1/s1. The van der Waals surface area contributed by atoms with Crippen molar-refractivity contribution in [2.24, 2.45) is 0 Å². The highest BCUT2D eigenvalue weighted by Crippen LogP contribution is 2.40. The van der Waals surface area contributed by atoms with Gasteiger partial charge in [0.1, 0.15) is 12.1 Å². The van der Waals surface area contributed by atoms with Gasteiger partial charge in [-0.05, 0) is 36.8 Å². The largest absolute Gasteiger partial charge is 0.310 e. The van der Waals surface area contributed by atoms with Crippen molar-refractivity contribution in [1.82, 2.24) is 29.6 Å². The Morgan fingerprint density at radius 1 is 1.22 bits per heavy atom. The van der Waals surface area contributed by atoms with Crippen LogP contribution in [0.15, 0.2) is 47.2 Å². The Morgan fingerprint density at radius 2 is 2.11 bits per heavy atom. The van der Waals surface area contributed by atoms with E-state index in [9.17, 15) is 4.79 Å². The average molecular weight is 424 g/mol. The molecule has 9 heteroatoms. The molecule has 1 amide bonds. The van der Waals surface area contributed by atoms with Gasteiger partial charge in [0.05, 0.1) is 5.69 Å². The number of carbonyl (C=O) groups excluding carboxylic acids is 1. The zero-order valence-corrected chi connectivity index (χ0v) is 15.9. The number of aryl methyl sites for hydroxylation is 1. The molecule has 1 aromatic carbocycles. The van der Waals surface area contributed by atoms with Gasteiger partial charge in [0.25, 0.3) is 0 Å². The van der Waals surface area contributed by atoms with Crippen molar-refractivity contribution in [2.75, 3.05) is 5.32 Å². The minimum Gasteiger partial charge on any atom is -0.310 e. The number of halogens is 1. The zero-order chi connectivity index (χ0) is 18.5. The summed E-state index contributed by atoms with van der Waals surface area (Å²) in [5, 5.41) is 19.9. The molecule has 0 bridgehead atoms. The number of amides is 1. The van der Waals surface area contributed by atoms with E-state index in [1.807, 2.05) is 43.3 Å². The zero-order valence-electron chi connectivity index (χ0n) is 14.3. The van der Waals surface area contributed by atoms with E-state index in [1.165, 1.54) is 6.33 Å². The molecule has 27 heavy (non-hydrogen) atoms. The Morgan fingerprint density at radius 3 is 2.96 bits per heavy atom. The van der Waals surface area contributed by atoms with Crippen LogP contribution >= 0.6 is 15.9 Å². The molecule has 0 unspecified atom stereocenters. The molecule has 0 saturated carbocycles. The number of nitrogens with one attached hydrogen (secondary N) is 1. The summed E-state index contributed by atoms with van der Waals surface area (Å²) in [6, 6.07) is 11.7. The molecule has 134 valence electrons. The maximum Gasteiger partial charge on any atom is 0.226 e. The Bertz CT molecular complexity index is 1200. The van der Waals surface area contributed by atoms with Crippen molar-refractivity contribution in [2.45, 2.75) is 19.3 Å². The van der Waals surface area contributed by atoms with Crippen LogP contribution in [0.2, 0.25) is 0 Å². The van der Waals surface area contributed by atoms with E-state index in [4.69, 9.17) is 0 Å². The lowest BCUT2D eigenvalue weighted by Crippen LogP contribution is -2.25. The van der Waals surface area contributed by atoms with E-state index in [2.05, 4.69) is 41.6 Å². The summed E-state index contributed by atoms with van der Waals surface area (Å²) in [6.45, 7) is 1.95. The van der Waals surface area contributed by atoms with E-state index in [0.717, 1.165) is 21.3 Å². The summed E-state index contributed by atoms with van der Waals surface area (Å²) in [6.07, 6.45) is 1.92. The Labute approximate surface area is 162 Å². The third-order valence-corrected chi connectivity index (χ3v) is 5.21. The van der Waals surface area contributed by atoms with Gasteiger partial charge in [0.15, 0.2) is 11.5 Å². The molecule has 8 nitrogen and oxygen atoms in total. The highest BCUT2D eigenvalue weighted by atomic mass is 79.9. The molecule has 4 aromatic rings. The third kappa shape index (κ3) is 2.62. The van der Waals surface area contributed by atoms with Gasteiger partial charge in [-0.2, -0.15) is 14.3 Å². The first-order valence-electron chi connectivity index (χ1n) is 8.42. The van der Waals surface area contributed by atoms with Crippen molar-refractivity contribution < 1.29 is 4.79 Å². The van der Waals surface area contributed by atoms with Crippen molar-refractivity contribution in [3.8, 4) is 5.82 Å². The van der Waals surface area contributed by atoms with Crippen LogP contribution in [-0.2, 0) is 4.79 Å². The first-order valence-corrected chi connectivity index (χ1v) is 9.22. The second-order valence-electron chi connectivity index (χ2n) is 6.44. The Kier molecular flexibility index (Phi) is 3.57. The van der Waals surface area contributed by atoms with Gasteiger partial charge in [-0.3, -0.25) is 4.79 Å². The topological polar surface area (TPSA) is 90.0 Å². The van der Waals surface area contributed by atoms with Gasteiger partial charge in [-0.1, -0.05) is 28.1 Å². The fourth-order valence-electron chi connectivity index (χ4n) is 3.55. The van der Waals surface area contributed by atoms with Crippen LogP contribution in [-0.4, -0.2) is 35.5 Å². The van der Waals surface area contributed by atoms with Crippen molar-refractivity contribution >= 4 is 33.3 Å². The lowest BCUT2D eigenvalue weighted by molar-refractivity contribution is -0.116. The molecule has 0 radical (unpaired) electrons. The van der Waals surface area contributed by atoms with Crippen molar-refractivity contribution in [3.63, 3.8) is 0 Å². The van der Waals surface area contributed by atoms with Gasteiger partial charge >= 0.3 is 0 Å². The van der Waals surface area contributed by atoms with E-state index in [0.29, 0.717) is 23.7 Å². The third-order valence-electron chi connectivity index (χ3n) is 4.72. The van der Waals surface area contributed by atoms with Crippen molar-refractivity contribution in [1.29, 1.82) is 0 Å². The fraction of sp³-hybridized carbons (Fsp3) is 0.167. The van der Waals surface area contributed by atoms with Gasteiger partial charge in [-0.15, -0.1) is 15.3 Å². The molecule has 1 atom stereocenters. The molecular weight excluding hydrogens is 410 g/mol. The normalized spacial score (nSPS) is 16.4. The highest BCUT2D eigenvalue weighted by Gasteiger charge is 2.33. The fourth-order valence-corrected chi connectivity index (χ4v) is 3.97. The summed E-state index contributed by atoms with van der Waals surface area (Å²) in [5.41, 5.74) is 3.59. The van der Waals surface area contributed by atoms with Crippen LogP contribution in [0, 0.1) is 6.92 Å². The quantitative estimate of drug-likeness (QED) is 0.535. The molecule has 1 aliphatic heterocycles. The van der Waals surface area contributed by atoms with E-state index in [-0.39, 0.29) is 11.8 Å². The number of hydrogen-bond acceptors (Lipinski definition) is 5. The summed E-state index contributed by atoms with van der Waals surface area (Å²) in [5.74, 6) is 1.15. The first kappa shape index (κ1) is 16.1. The molecule has 3 aromatic heterocycles. The summed E-state index contributed by atoms with van der Waals surface area (Å²) < 4.78 is 4.23. The molecule has 0 spiro atoms. The molecular formula is C18H14BrN7O. The van der Waals surface area contributed by atoms with Crippen LogP contribution < -0.4 is 5.32 Å². The highest BCUT2D eigenvalue weighted by molar-refractivity contribution is 9.10. The van der Waals surface area contributed by atoms with E-state index in [1.54, 1.807) is 9.20 Å². The van der Waals surface area contributed by atoms with Gasteiger partial charge < -0.3 is 5.32 Å². The summed E-state index contributed by atoms with van der Waals surface area (Å²) in [4.78, 5) is 12.4. The van der Waals surface area contributed by atoms with Crippen LogP contribution in [0.5, 0.6) is 0 Å². The molecule has 5 rings (SSSR count). The van der Waals surface area contributed by atoms with E-state index < -0.39 is 0 Å². The van der Waals surface area contributed by atoms with Crippen LogP contribution in [0.3, 0.4) is 0 Å². The van der Waals surface area contributed by atoms with Gasteiger partial charge in [-0.25, -0.2) is 0 Å². The number of fused-ring (bicyclic) bond motifs is 2. The van der Waals surface area contributed by atoms with Crippen LogP contribution in [0.4, 0.5) is 5.82 Å². The minimum absolute atomic E-state index is 0.0426. The van der Waals surface area contributed by atoms with Crippen molar-refractivity contribution in [3.05, 3.63) is 64.0 Å². The number of anilines is 1. The maximum absolute atomic E-state index is 12.4. The Balaban J connectivity index is 1.68. The number of nitrogens with zero attached hydrogens (tertiary/aromatic N) is 6. The van der Waals surface area contributed by atoms with Crippen LogP contribution in [0.1, 0.15) is 29.2 Å². The van der Waals surface area contributed by atoms with Crippen LogP contribution in [0.25, 0.3) is 11.5 Å². The lowest BCUT2D eigenvalue weighted by atomic mass is 9.86. The Hall–Kier alpha value is -3.07. The second-order valence-corrected chi connectivity index (χ2v) is 7.36. The lowest BCUT2D eigenvalue weighted by Gasteiger charge is -2.24. The molecule has 4 heterocycles.